The van der Waals surface area contributed by atoms with Crippen molar-refractivity contribution < 1.29 is 14.3 Å². The number of carbonyl (C=O) groups is 1. The molecule has 1 aliphatic rings. The fourth-order valence-corrected chi connectivity index (χ4v) is 1.88. The van der Waals surface area contributed by atoms with E-state index in [1.54, 1.807) is 0 Å². The number of ether oxygens (including phenoxy) is 2. The van der Waals surface area contributed by atoms with Crippen LogP contribution in [0.25, 0.3) is 0 Å². The maximum atomic E-state index is 10.4. The number of benzene rings is 1. The SMILES string of the molecule is O=CCC(Cl)c1cccc(C2OCCO2)c1. The third kappa shape index (κ3) is 2.61. The second kappa shape index (κ2) is 5.43. The van der Waals surface area contributed by atoms with Crippen molar-refractivity contribution in [3.05, 3.63) is 35.4 Å². The van der Waals surface area contributed by atoms with Crippen molar-refractivity contribution in [2.45, 2.75) is 18.1 Å². The Morgan fingerprint density at radius 2 is 2.19 bits per heavy atom. The van der Waals surface area contributed by atoms with Crippen LogP contribution in [0.15, 0.2) is 24.3 Å². The van der Waals surface area contributed by atoms with Gasteiger partial charge in [-0.1, -0.05) is 18.2 Å². The van der Waals surface area contributed by atoms with Crippen molar-refractivity contribution in [2.75, 3.05) is 13.2 Å². The van der Waals surface area contributed by atoms with E-state index in [2.05, 4.69) is 0 Å². The third-order valence-corrected chi connectivity index (χ3v) is 2.90. The summed E-state index contributed by atoms with van der Waals surface area (Å²) in [6.45, 7) is 1.24. The van der Waals surface area contributed by atoms with Crippen LogP contribution >= 0.6 is 11.6 Å². The highest BCUT2D eigenvalue weighted by Crippen LogP contribution is 2.28. The van der Waals surface area contributed by atoms with Gasteiger partial charge in [0, 0.05) is 12.0 Å². The van der Waals surface area contributed by atoms with Crippen LogP contribution in [-0.2, 0) is 14.3 Å². The summed E-state index contributed by atoms with van der Waals surface area (Å²) < 4.78 is 10.8. The number of alkyl halides is 1. The summed E-state index contributed by atoms with van der Waals surface area (Å²) in [6.07, 6.45) is 0.852. The van der Waals surface area contributed by atoms with Crippen LogP contribution in [0.2, 0.25) is 0 Å². The van der Waals surface area contributed by atoms with Gasteiger partial charge in [-0.25, -0.2) is 0 Å². The van der Waals surface area contributed by atoms with Crippen molar-refractivity contribution in [2.24, 2.45) is 0 Å². The second-order valence-electron chi connectivity index (χ2n) is 3.61. The van der Waals surface area contributed by atoms with Gasteiger partial charge in [-0.3, -0.25) is 0 Å². The Labute approximate surface area is 99.3 Å². The van der Waals surface area contributed by atoms with E-state index in [0.717, 1.165) is 17.4 Å². The van der Waals surface area contributed by atoms with Gasteiger partial charge in [-0.05, 0) is 11.6 Å². The lowest BCUT2D eigenvalue weighted by molar-refractivity contribution is -0.107. The first-order chi connectivity index (χ1) is 7.81. The minimum atomic E-state index is -0.292. The lowest BCUT2D eigenvalue weighted by Crippen LogP contribution is -2.00. The molecule has 0 aromatic heterocycles. The summed E-state index contributed by atoms with van der Waals surface area (Å²) in [5.74, 6) is 0. The van der Waals surface area contributed by atoms with E-state index >= 15 is 0 Å². The van der Waals surface area contributed by atoms with Crippen molar-refractivity contribution in [1.29, 1.82) is 0 Å². The molecule has 1 unspecified atom stereocenters. The van der Waals surface area contributed by atoms with Gasteiger partial charge in [0.25, 0.3) is 0 Å². The fourth-order valence-electron chi connectivity index (χ4n) is 1.67. The Morgan fingerprint density at radius 1 is 1.44 bits per heavy atom. The van der Waals surface area contributed by atoms with E-state index in [9.17, 15) is 4.79 Å². The van der Waals surface area contributed by atoms with Crippen LogP contribution in [0, 0.1) is 0 Å². The quantitative estimate of drug-likeness (QED) is 0.600. The molecule has 1 saturated heterocycles. The molecule has 1 aliphatic heterocycles. The van der Waals surface area contributed by atoms with E-state index in [1.165, 1.54) is 0 Å². The van der Waals surface area contributed by atoms with Gasteiger partial charge >= 0.3 is 0 Å². The summed E-state index contributed by atoms with van der Waals surface area (Å²) in [7, 11) is 0. The molecule has 1 heterocycles. The number of aldehydes is 1. The molecule has 0 N–H and O–H groups in total. The molecule has 0 amide bonds. The molecule has 86 valence electrons. The minimum Gasteiger partial charge on any atom is -0.346 e. The fraction of sp³-hybridized carbons (Fsp3) is 0.417. The molecule has 0 aliphatic carbocycles. The average Bonchev–Trinajstić information content (AvgIpc) is 2.83. The van der Waals surface area contributed by atoms with Gasteiger partial charge in [0.2, 0.25) is 0 Å². The molecule has 1 atom stereocenters. The topological polar surface area (TPSA) is 35.5 Å². The molecule has 0 bridgehead atoms. The summed E-state index contributed by atoms with van der Waals surface area (Å²) in [6, 6.07) is 7.66. The largest absolute Gasteiger partial charge is 0.346 e. The van der Waals surface area contributed by atoms with Gasteiger partial charge in [-0.15, -0.1) is 11.6 Å². The zero-order valence-electron chi connectivity index (χ0n) is 8.77. The standard InChI is InChI=1S/C12H13ClO3/c13-11(4-5-14)9-2-1-3-10(8-9)12-15-6-7-16-12/h1-3,5,8,11-12H,4,6-7H2. The Bertz CT molecular complexity index is 361. The monoisotopic (exact) mass is 240 g/mol. The average molecular weight is 241 g/mol. The van der Waals surface area contributed by atoms with Crippen LogP contribution in [0.4, 0.5) is 0 Å². The number of hydrogen-bond acceptors (Lipinski definition) is 3. The number of rotatable bonds is 4. The molecular weight excluding hydrogens is 228 g/mol. The van der Waals surface area contributed by atoms with Gasteiger partial charge in [0.15, 0.2) is 6.29 Å². The van der Waals surface area contributed by atoms with Gasteiger partial charge in [0.1, 0.15) is 6.29 Å². The second-order valence-corrected chi connectivity index (χ2v) is 4.14. The summed E-state index contributed by atoms with van der Waals surface area (Å²) in [5.41, 5.74) is 1.87. The first-order valence-electron chi connectivity index (χ1n) is 5.22. The highest BCUT2D eigenvalue weighted by atomic mass is 35.5. The Kier molecular flexibility index (Phi) is 3.93. The zero-order valence-corrected chi connectivity index (χ0v) is 9.52. The zero-order chi connectivity index (χ0) is 11.4. The Balaban J connectivity index is 2.15. The third-order valence-electron chi connectivity index (χ3n) is 2.47. The predicted octanol–water partition coefficient (Wildman–Crippen LogP) is 2.60. The van der Waals surface area contributed by atoms with E-state index < -0.39 is 0 Å². The number of hydrogen-bond donors (Lipinski definition) is 0. The number of carbonyl (C=O) groups excluding carboxylic acids is 1. The lowest BCUT2D eigenvalue weighted by atomic mass is 10.1. The van der Waals surface area contributed by atoms with E-state index in [-0.39, 0.29) is 11.7 Å². The Morgan fingerprint density at radius 3 is 2.88 bits per heavy atom. The molecule has 4 heteroatoms. The highest BCUT2D eigenvalue weighted by Gasteiger charge is 2.19. The van der Waals surface area contributed by atoms with E-state index in [1.807, 2.05) is 24.3 Å². The smallest absolute Gasteiger partial charge is 0.184 e. The first-order valence-corrected chi connectivity index (χ1v) is 5.65. The van der Waals surface area contributed by atoms with Crippen LogP contribution in [0.5, 0.6) is 0 Å². The maximum Gasteiger partial charge on any atom is 0.184 e. The van der Waals surface area contributed by atoms with Crippen molar-refractivity contribution in [3.63, 3.8) is 0 Å². The first kappa shape index (κ1) is 11.6. The van der Waals surface area contributed by atoms with Gasteiger partial charge in [0.05, 0.1) is 18.6 Å². The van der Waals surface area contributed by atoms with Crippen LogP contribution in [0.1, 0.15) is 29.2 Å². The van der Waals surface area contributed by atoms with Crippen LogP contribution in [0.3, 0.4) is 0 Å². The van der Waals surface area contributed by atoms with Gasteiger partial charge < -0.3 is 14.3 Å². The summed E-state index contributed by atoms with van der Waals surface area (Å²) in [4.78, 5) is 10.4. The lowest BCUT2D eigenvalue weighted by Gasteiger charge is -2.12. The molecule has 1 aromatic rings. The molecule has 1 aromatic carbocycles. The molecule has 0 radical (unpaired) electrons. The highest BCUT2D eigenvalue weighted by molar-refractivity contribution is 6.21. The molecule has 16 heavy (non-hydrogen) atoms. The number of halogens is 1. The van der Waals surface area contributed by atoms with Crippen molar-refractivity contribution >= 4 is 17.9 Å². The Hall–Kier alpha value is -0.900. The molecule has 2 rings (SSSR count). The molecule has 1 fully saturated rings. The van der Waals surface area contributed by atoms with E-state index in [4.69, 9.17) is 21.1 Å². The predicted molar refractivity (Wildman–Crippen MR) is 60.4 cm³/mol. The molecule has 0 spiro atoms. The maximum absolute atomic E-state index is 10.4. The molecular formula is C12H13ClO3. The van der Waals surface area contributed by atoms with Crippen molar-refractivity contribution in [1.82, 2.24) is 0 Å². The molecule has 3 nitrogen and oxygen atoms in total. The summed E-state index contributed by atoms with van der Waals surface area (Å²) in [5, 5.41) is -0.279. The van der Waals surface area contributed by atoms with Gasteiger partial charge in [-0.2, -0.15) is 0 Å². The van der Waals surface area contributed by atoms with E-state index in [0.29, 0.717) is 19.6 Å². The molecule has 0 saturated carbocycles. The summed E-state index contributed by atoms with van der Waals surface area (Å²) >= 11 is 6.07. The van der Waals surface area contributed by atoms with Crippen LogP contribution in [-0.4, -0.2) is 19.5 Å². The normalized spacial score (nSPS) is 18.6. The van der Waals surface area contributed by atoms with Crippen molar-refractivity contribution in [3.8, 4) is 0 Å². The minimum absolute atomic E-state index is 0.279. The van der Waals surface area contributed by atoms with Crippen LogP contribution < -0.4 is 0 Å².